The summed E-state index contributed by atoms with van der Waals surface area (Å²) in [6, 6.07) is 0. The molecule has 0 spiro atoms. The summed E-state index contributed by atoms with van der Waals surface area (Å²) in [5.74, 6) is 2.37. The Hall–Kier alpha value is -0.940. The minimum Gasteiger partial charge on any atom is -0.338 e. The highest BCUT2D eigenvalue weighted by Gasteiger charge is 2.18. The second-order valence-electron chi connectivity index (χ2n) is 5.80. The Morgan fingerprint density at radius 3 is 2.95 bits per heavy atom. The van der Waals surface area contributed by atoms with Crippen molar-refractivity contribution >= 4 is 0 Å². The zero-order chi connectivity index (χ0) is 14.2. The quantitative estimate of drug-likeness (QED) is 0.791. The van der Waals surface area contributed by atoms with Crippen molar-refractivity contribution in [3.8, 4) is 0 Å². The third-order valence-electron chi connectivity index (χ3n) is 3.80. The van der Waals surface area contributed by atoms with Crippen molar-refractivity contribution in [3.05, 3.63) is 11.7 Å². The van der Waals surface area contributed by atoms with Crippen LogP contribution >= 0.6 is 0 Å². The summed E-state index contributed by atoms with van der Waals surface area (Å²) in [4.78, 5) is 6.94. The maximum atomic E-state index is 5.36. The first-order valence-electron chi connectivity index (χ1n) is 8.06. The summed E-state index contributed by atoms with van der Waals surface area (Å²) in [5, 5.41) is 7.53. The van der Waals surface area contributed by atoms with Crippen LogP contribution in [-0.2, 0) is 13.0 Å². The van der Waals surface area contributed by atoms with E-state index in [1.165, 1.54) is 19.4 Å². The van der Waals surface area contributed by atoms with Gasteiger partial charge in [-0.15, -0.1) is 0 Å². The van der Waals surface area contributed by atoms with Crippen LogP contribution in [0.25, 0.3) is 0 Å². The summed E-state index contributed by atoms with van der Waals surface area (Å²) in [5.41, 5.74) is 0. The molecule has 1 saturated heterocycles. The van der Waals surface area contributed by atoms with E-state index in [2.05, 4.69) is 34.2 Å². The van der Waals surface area contributed by atoms with Crippen molar-refractivity contribution < 1.29 is 4.52 Å². The van der Waals surface area contributed by atoms with Crippen LogP contribution in [0.5, 0.6) is 0 Å². The van der Waals surface area contributed by atoms with Crippen LogP contribution in [0.2, 0.25) is 0 Å². The zero-order valence-electron chi connectivity index (χ0n) is 12.9. The number of nitrogens with zero attached hydrogens (tertiary/aromatic N) is 3. The number of aryl methyl sites for hydroxylation is 1. The van der Waals surface area contributed by atoms with Crippen molar-refractivity contribution in [2.24, 2.45) is 5.92 Å². The van der Waals surface area contributed by atoms with Crippen molar-refractivity contribution in [3.63, 3.8) is 0 Å². The van der Waals surface area contributed by atoms with Gasteiger partial charge in [0.2, 0.25) is 5.89 Å². The van der Waals surface area contributed by atoms with Crippen LogP contribution in [0.4, 0.5) is 0 Å². The highest BCUT2D eigenvalue weighted by atomic mass is 16.5. The molecule has 0 aliphatic carbocycles. The Bertz CT molecular complexity index is 374. The van der Waals surface area contributed by atoms with Gasteiger partial charge >= 0.3 is 0 Å². The third-order valence-corrected chi connectivity index (χ3v) is 3.80. The molecule has 1 aliphatic heterocycles. The highest BCUT2D eigenvalue weighted by molar-refractivity contribution is 4.87. The maximum Gasteiger partial charge on any atom is 0.240 e. The predicted molar refractivity (Wildman–Crippen MR) is 79.5 cm³/mol. The molecule has 0 amide bonds. The van der Waals surface area contributed by atoms with Gasteiger partial charge in [-0.1, -0.05) is 19.0 Å². The molecular weight excluding hydrogens is 252 g/mol. The second-order valence-corrected chi connectivity index (χ2v) is 5.80. The predicted octanol–water partition coefficient (Wildman–Crippen LogP) is 2.23. The zero-order valence-corrected chi connectivity index (χ0v) is 12.9. The van der Waals surface area contributed by atoms with Crippen LogP contribution < -0.4 is 5.32 Å². The standard InChI is InChI=1S/C15H28N4O/c1-3-6-14-17-15(20-18-14)12-19(9-4-2)11-13-7-5-8-16-10-13/h13,16H,3-12H2,1-2H3. The van der Waals surface area contributed by atoms with E-state index >= 15 is 0 Å². The molecule has 1 aromatic heterocycles. The lowest BCUT2D eigenvalue weighted by molar-refractivity contribution is 0.180. The van der Waals surface area contributed by atoms with E-state index in [0.717, 1.165) is 63.1 Å². The smallest absolute Gasteiger partial charge is 0.240 e. The van der Waals surface area contributed by atoms with Gasteiger partial charge in [0.1, 0.15) is 0 Å². The summed E-state index contributed by atoms with van der Waals surface area (Å²) in [7, 11) is 0. The average Bonchev–Trinajstić information content (AvgIpc) is 2.88. The van der Waals surface area contributed by atoms with Gasteiger partial charge in [-0.3, -0.25) is 4.90 Å². The monoisotopic (exact) mass is 280 g/mol. The normalized spacial score (nSPS) is 19.6. The summed E-state index contributed by atoms with van der Waals surface area (Å²) in [6.45, 7) is 9.70. The Morgan fingerprint density at radius 1 is 1.35 bits per heavy atom. The first-order chi connectivity index (χ1) is 9.81. The number of hydrogen-bond acceptors (Lipinski definition) is 5. The van der Waals surface area contributed by atoms with E-state index in [-0.39, 0.29) is 0 Å². The topological polar surface area (TPSA) is 54.2 Å². The van der Waals surface area contributed by atoms with E-state index < -0.39 is 0 Å². The van der Waals surface area contributed by atoms with Gasteiger partial charge < -0.3 is 9.84 Å². The highest BCUT2D eigenvalue weighted by Crippen LogP contribution is 2.14. The maximum absolute atomic E-state index is 5.36. The molecule has 0 radical (unpaired) electrons. The van der Waals surface area contributed by atoms with Crippen LogP contribution in [0.3, 0.4) is 0 Å². The van der Waals surface area contributed by atoms with Crippen molar-refractivity contribution in [1.29, 1.82) is 0 Å². The summed E-state index contributed by atoms with van der Waals surface area (Å²) in [6.07, 6.45) is 5.76. The van der Waals surface area contributed by atoms with Gasteiger partial charge in [0, 0.05) is 13.0 Å². The number of rotatable bonds is 8. The van der Waals surface area contributed by atoms with Crippen LogP contribution in [0.15, 0.2) is 4.52 Å². The lowest BCUT2D eigenvalue weighted by Crippen LogP contribution is -2.38. The molecule has 1 fully saturated rings. The van der Waals surface area contributed by atoms with Gasteiger partial charge in [-0.2, -0.15) is 4.98 Å². The number of hydrogen-bond donors (Lipinski definition) is 1. The van der Waals surface area contributed by atoms with Crippen LogP contribution in [0, 0.1) is 5.92 Å². The molecule has 1 aromatic rings. The minimum absolute atomic E-state index is 0.758. The molecule has 0 bridgehead atoms. The molecule has 2 heterocycles. The van der Waals surface area contributed by atoms with E-state index in [9.17, 15) is 0 Å². The lowest BCUT2D eigenvalue weighted by Gasteiger charge is -2.29. The van der Waals surface area contributed by atoms with Gasteiger partial charge in [0.25, 0.3) is 0 Å². The Kier molecular flexibility index (Phi) is 6.47. The first-order valence-corrected chi connectivity index (χ1v) is 8.06. The fraction of sp³-hybridized carbons (Fsp3) is 0.867. The van der Waals surface area contributed by atoms with Crippen molar-refractivity contribution in [2.75, 3.05) is 26.2 Å². The Labute approximate surface area is 122 Å². The second kappa shape index (κ2) is 8.37. The molecule has 2 rings (SSSR count). The molecule has 1 aliphatic rings. The molecule has 0 saturated carbocycles. The van der Waals surface area contributed by atoms with Crippen molar-refractivity contribution in [2.45, 2.75) is 52.5 Å². The van der Waals surface area contributed by atoms with E-state index in [1.54, 1.807) is 0 Å². The number of piperidine rings is 1. The number of nitrogens with one attached hydrogen (secondary N) is 1. The molecule has 20 heavy (non-hydrogen) atoms. The van der Waals surface area contributed by atoms with E-state index in [0.29, 0.717) is 0 Å². The van der Waals surface area contributed by atoms with E-state index in [4.69, 9.17) is 4.52 Å². The van der Waals surface area contributed by atoms with Crippen molar-refractivity contribution in [1.82, 2.24) is 20.4 Å². The summed E-state index contributed by atoms with van der Waals surface area (Å²) >= 11 is 0. The minimum atomic E-state index is 0.758. The average molecular weight is 280 g/mol. The van der Waals surface area contributed by atoms with Crippen LogP contribution in [-0.4, -0.2) is 41.2 Å². The van der Waals surface area contributed by atoms with Gasteiger partial charge in [-0.05, 0) is 51.2 Å². The molecule has 0 aromatic carbocycles. The molecule has 1 N–H and O–H groups in total. The SMILES string of the molecule is CCCc1noc(CN(CCC)CC2CCCNC2)n1. The third kappa shape index (κ3) is 4.87. The Balaban J connectivity index is 1.86. The number of aromatic nitrogens is 2. The molecule has 1 unspecified atom stereocenters. The molecule has 114 valence electrons. The molecule has 5 nitrogen and oxygen atoms in total. The van der Waals surface area contributed by atoms with Crippen LogP contribution in [0.1, 0.15) is 51.2 Å². The fourth-order valence-electron chi connectivity index (χ4n) is 2.87. The fourth-order valence-corrected chi connectivity index (χ4v) is 2.87. The molecular formula is C15H28N4O. The Morgan fingerprint density at radius 2 is 2.25 bits per heavy atom. The van der Waals surface area contributed by atoms with Gasteiger partial charge in [0.05, 0.1) is 6.54 Å². The molecule has 5 heteroatoms. The largest absolute Gasteiger partial charge is 0.338 e. The van der Waals surface area contributed by atoms with Gasteiger partial charge in [0.15, 0.2) is 5.82 Å². The lowest BCUT2D eigenvalue weighted by atomic mass is 9.99. The first kappa shape index (κ1) is 15.4. The molecule has 1 atom stereocenters. The summed E-state index contributed by atoms with van der Waals surface area (Å²) < 4.78 is 5.36. The van der Waals surface area contributed by atoms with Gasteiger partial charge in [-0.25, -0.2) is 0 Å². The van der Waals surface area contributed by atoms with E-state index in [1.807, 2.05) is 0 Å².